The molecule has 0 aliphatic heterocycles. The summed E-state index contributed by atoms with van der Waals surface area (Å²) in [5.74, 6) is 0. The first-order valence-corrected chi connectivity index (χ1v) is 4.61. The molecule has 1 rings (SSSR count). The summed E-state index contributed by atoms with van der Waals surface area (Å²) in [6, 6.07) is 1.75. The standard InChI is InChI=1S/C9H9NOS2/c1-6(12)7-3-8(9(11)13)5-10(2)4-7/h3-5H,1-2H3/p+1. The zero-order chi connectivity index (χ0) is 10.0. The molecule has 0 radical (unpaired) electrons. The molecule has 0 aliphatic rings. The molecule has 0 atom stereocenters. The molecule has 68 valence electrons. The highest BCUT2D eigenvalue weighted by molar-refractivity contribution is 7.97. The van der Waals surface area contributed by atoms with E-state index in [9.17, 15) is 4.79 Å². The summed E-state index contributed by atoms with van der Waals surface area (Å²) in [6.45, 7) is 1.83. The van der Waals surface area contributed by atoms with Crippen LogP contribution in [0.25, 0.3) is 0 Å². The highest BCUT2D eigenvalue weighted by Gasteiger charge is 2.09. The second-order valence-corrected chi connectivity index (χ2v) is 3.86. The van der Waals surface area contributed by atoms with Gasteiger partial charge >= 0.3 is 0 Å². The Bertz CT molecular complexity index is 342. The quantitative estimate of drug-likeness (QED) is 0.345. The van der Waals surface area contributed by atoms with Gasteiger partial charge in [-0.05, 0) is 13.0 Å². The molecule has 0 unspecified atom stereocenters. The number of carbonyl (C=O) groups is 1. The van der Waals surface area contributed by atoms with Gasteiger partial charge in [-0.3, -0.25) is 4.79 Å². The molecule has 0 N–H and O–H groups in total. The van der Waals surface area contributed by atoms with Crippen LogP contribution in [0.1, 0.15) is 22.8 Å². The van der Waals surface area contributed by atoms with Crippen molar-refractivity contribution in [2.24, 2.45) is 7.05 Å². The molecular weight excluding hydrogens is 202 g/mol. The van der Waals surface area contributed by atoms with E-state index in [1.165, 1.54) is 0 Å². The molecule has 0 aromatic carbocycles. The first-order chi connectivity index (χ1) is 6.00. The van der Waals surface area contributed by atoms with E-state index in [2.05, 4.69) is 12.6 Å². The minimum absolute atomic E-state index is 0.242. The van der Waals surface area contributed by atoms with Crippen LogP contribution in [-0.2, 0) is 7.05 Å². The molecule has 0 fully saturated rings. The predicted octanol–water partition coefficient (Wildman–Crippen LogP) is 1.32. The van der Waals surface area contributed by atoms with Crippen LogP contribution in [0.15, 0.2) is 18.5 Å². The SMILES string of the molecule is CC(=S)c1cc(C(=O)S)c[n+](C)c1. The molecule has 1 heterocycles. The molecule has 0 bridgehead atoms. The van der Waals surface area contributed by atoms with Crippen LogP contribution in [0.3, 0.4) is 0 Å². The van der Waals surface area contributed by atoms with E-state index < -0.39 is 0 Å². The average molecular weight is 212 g/mol. The van der Waals surface area contributed by atoms with E-state index in [1.54, 1.807) is 16.8 Å². The summed E-state index contributed by atoms with van der Waals surface area (Å²) in [5, 5.41) is -0.242. The van der Waals surface area contributed by atoms with E-state index in [0.717, 1.165) is 10.4 Å². The lowest BCUT2D eigenvalue weighted by molar-refractivity contribution is -0.671. The first kappa shape index (κ1) is 10.3. The average Bonchev–Trinajstić information content (AvgIpc) is 2.03. The third kappa shape index (κ3) is 2.60. The van der Waals surface area contributed by atoms with Crippen LogP contribution in [-0.4, -0.2) is 9.98 Å². The van der Waals surface area contributed by atoms with Gasteiger partial charge in [0.05, 0.1) is 11.1 Å². The van der Waals surface area contributed by atoms with Gasteiger partial charge < -0.3 is 0 Å². The Balaban J connectivity index is 3.26. The number of thiol groups is 1. The number of aromatic nitrogens is 1. The van der Waals surface area contributed by atoms with Gasteiger partial charge in [-0.25, -0.2) is 4.57 Å². The van der Waals surface area contributed by atoms with Crippen molar-refractivity contribution < 1.29 is 9.36 Å². The lowest BCUT2D eigenvalue weighted by Crippen LogP contribution is -2.29. The molecule has 0 amide bonds. The molecule has 2 nitrogen and oxygen atoms in total. The van der Waals surface area contributed by atoms with Crippen molar-refractivity contribution in [1.29, 1.82) is 0 Å². The molecule has 0 aliphatic carbocycles. The van der Waals surface area contributed by atoms with Gasteiger partial charge in [-0.2, -0.15) is 0 Å². The normalized spacial score (nSPS) is 9.77. The van der Waals surface area contributed by atoms with Crippen molar-refractivity contribution in [1.82, 2.24) is 0 Å². The summed E-state index contributed by atoms with van der Waals surface area (Å²) in [5.41, 5.74) is 1.45. The number of pyridine rings is 1. The Hall–Kier alpha value is -0.740. The second kappa shape index (κ2) is 3.98. The Labute approximate surface area is 88.0 Å². The topological polar surface area (TPSA) is 20.9 Å². The zero-order valence-electron chi connectivity index (χ0n) is 7.44. The predicted molar refractivity (Wildman–Crippen MR) is 58.3 cm³/mol. The second-order valence-electron chi connectivity index (χ2n) is 2.84. The third-order valence-electron chi connectivity index (χ3n) is 1.65. The smallest absolute Gasteiger partial charge is 0.222 e. The van der Waals surface area contributed by atoms with Crippen molar-refractivity contribution in [3.05, 3.63) is 29.6 Å². The fraction of sp³-hybridized carbons (Fsp3) is 0.222. The summed E-state index contributed by atoms with van der Waals surface area (Å²) >= 11 is 8.77. The monoisotopic (exact) mass is 212 g/mol. The molecule has 13 heavy (non-hydrogen) atoms. The highest BCUT2D eigenvalue weighted by Crippen LogP contribution is 2.05. The lowest BCUT2D eigenvalue weighted by atomic mass is 10.2. The Morgan fingerprint density at radius 1 is 1.46 bits per heavy atom. The number of thiocarbonyl (C=S) groups is 1. The van der Waals surface area contributed by atoms with Crippen LogP contribution in [0.4, 0.5) is 0 Å². The molecule has 1 aromatic rings. The van der Waals surface area contributed by atoms with Gasteiger partial charge in [0.2, 0.25) is 5.12 Å². The number of hydrogen-bond acceptors (Lipinski definition) is 2. The maximum absolute atomic E-state index is 11.0. The van der Waals surface area contributed by atoms with Crippen molar-refractivity contribution in [2.75, 3.05) is 0 Å². The van der Waals surface area contributed by atoms with Crippen LogP contribution < -0.4 is 4.57 Å². The molecule has 0 saturated heterocycles. The Morgan fingerprint density at radius 3 is 2.46 bits per heavy atom. The fourth-order valence-corrected chi connectivity index (χ4v) is 1.26. The van der Waals surface area contributed by atoms with Gasteiger partial charge in [0, 0.05) is 4.86 Å². The van der Waals surface area contributed by atoms with E-state index in [4.69, 9.17) is 12.2 Å². The Kier molecular flexibility index (Phi) is 3.17. The third-order valence-corrected chi connectivity index (χ3v) is 2.14. The van der Waals surface area contributed by atoms with Crippen LogP contribution in [0, 0.1) is 0 Å². The number of aryl methyl sites for hydroxylation is 1. The van der Waals surface area contributed by atoms with Gasteiger partial charge in [0.1, 0.15) is 7.05 Å². The van der Waals surface area contributed by atoms with Gasteiger partial charge in [0.15, 0.2) is 12.4 Å². The largest absolute Gasteiger partial charge is 0.282 e. The van der Waals surface area contributed by atoms with Crippen molar-refractivity contribution in [2.45, 2.75) is 6.92 Å². The van der Waals surface area contributed by atoms with Gasteiger partial charge in [-0.15, -0.1) is 12.6 Å². The number of rotatable bonds is 2. The number of hydrogen-bond donors (Lipinski definition) is 1. The number of nitrogens with zero attached hydrogens (tertiary/aromatic N) is 1. The van der Waals surface area contributed by atoms with Crippen molar-refractivity contribution in [3.8, 4) is 0 Å². The van der Waals surface area contributed by atoms with Crippen LogP contribution >= 0.6 is 24.8 Å². The van der Waals surface area contributed by atoms with Gasteiger partial charge in [-0.1, -0.05) is 12.2 Å². The van der Waals surface area contributed by atoms with Crippen molar-refractivity contribution in [3.63, 3.8) is 0 Å². The summed E-state index contributed by atoms with van der Waals surface area (Å²) in [7, 11) is 1.85. The van der Waals surface area contributed by atoms with Crippen LogP contribution in [0.5, 0.6) is 0 Å². The maximum atomic E-state index is 11.0. The summed E-state index contributed by atoms with van der Waals surface area (Å²) < 4.78 is 1.80. The minimum atomic E-state index is -0.242. The summed E-state index contributed by atoms with van der Waals surface area (Å²) in [4.78, 5) is 11.8. The maximum Gasteiger partial charge on any atom is 0.222 e. The molecule has 0 saturated carbocycles. The highest BCUT2D eigenvalue weighted by atomic mass is 32.1. The van der Waals surface area contributed by atoms with E-state index >= 15 is 0 Å². The van der Waals surface area contributed by atoms with Gasteiger partial charge in [0.25, 0.3) is 0 Å². The first-order valence-electron chi connectivity index (χ1n) is 3.75. The number of carbonyl (C=O) groups excluding carboxylic acids is 1. The molecule has 1 aromatic heterocycles. The fourth-order valence-electron chi connectivity index (χ4n) is 1.03. The van der Waals surface area contributed by atoms with Crippen LogP contribution in [0.2, 0.25) is 0 Å². The van der Waals surface area contributed by atoms with Crippen molar-refractivity contribution >= 4 is 34.8 Å². The van der Waals surface area contributed by atoms with E-state index in [-0.39, 0.29) is 5.12 Å². The Morgan fingerprint density at radius 2 is 2.00 bits per heavy atom. The van der Waals surface area contributed by atoms with E-state index in [0.29, 0.717) is 5.56 Å². The van der Waals surface area contributed by atoms with E-state index in [1.807, 2.05) is 20.2 Å². The minimum Gasteiger partial charge on any atom is -0.282 e. The zero-order valence-corrected chi connectivity index (χ0v) is 9.15. The summed E-state index contributed by atoms with van der Waals surface area (Å²) in [6.07, 6.45) is 3.60. The molecule has 4 heteroatoms. The molecular formula is C9H10NOS2+. The molecule has 0 spiro atoms. The lowest BCUT2D eigenvalue weighted by Gasteiger charge is -1.98.